The maximum atomic E-state index is 14.7. The highest BCUT2D eigenvalue weighted by atomic mass is 32.2. The number of sulfone groups is 2. The van der Waals surface area contributed by atoms with Crippen LogP contribution in [0.3, 0.4) is 0 Å². The molecule has 2 fully saturated rings. The second-order valence-corrected chi connectivity index (χ2v) is 15.1. The van der Waals surface area contributed by atoms with E-state index in [2.05, 4.69) is 0 Å². The Morgan fingerprint density at radius 1 is 0.837 bits per heavy atom. The lowest BCUT2D eigenvalue weighted by atomic mass is 9.82. The molecule has 236 valence electrons. The molecule has 17 heteroatoms. The summed E-state index contributed by atoms with van der Waals surface area (Å²) in [6.07, 6.45) is -13.8. The molecule has 1 atom stereocenters. The predicted molar refractivity (Wildman–Crippen MR) is 134 cm³/mol. The summed E-state index contributed by atoms with van der Waals surface area (Å²) in [5.74, 6) is -2.70. The van der Waals surface area contributed by atoms with Crippen LogP contribution in [0.2, 0.25) is 0 Å². The van der Waals surface area contributed by atoms with Crippen LogP contribution in [0.25, 0.3) is 0 Å². The second-order valence-electron chi connectivity index (χ2n) is 10.6. The molecule has 4 rings (SSSR count). The number of carbonyl (C=O) groups is 2. The zero-order valence-corrected chi connectivity index (χ0v) is 23.5. The number of alkyl halides is 7. The largest absolute Gasteiger partial charge is 0.435 e. The van der Waals surface area contributed by atoms with Crippen molar-refractivity contribution in [1.29, 1.82) is 0 Å². The quantitative estimate of drug-likeness (QED) is 0.197. The van der Waals surface area contributed by atoms with E-state index in [1.807, 2.05) is 0 Å². The molecule has 0 spiro atoms. The van der Waals surface area contributed by atoms with Crippen LogP contribution >= 0.6 is 0 Å². The highest BCUT2D eigenvalue weighted by Crippen LogP contribution is 2.54. The van der Waals surface area contributed by atoms with Crippen LogP contribution in [0.5, 0.6) is 0 Å². The Bertz CT molecular complexity index is 1590. The highest BCUT2D eigenvalue weighted by molar-refractivity contribution is 7.92. The van der Waals surface area contributed by atoms with Gasteiger partial charge in [0.25, 0.3) is 0 Å². The van der Waals surface area contributed by atoms with E-state index in [1.165, 1.54) is 0 Å². The molecule has 2 aromatic carbocycles. The first kappa shape index (κ1) is 32.8. The maximum Gasteiger partial charge on any atom is 0.435 e. The van der Waals surface area contributed by atoms with E-state index in [0.717, 1.165) is 29.2 Å². The molecule has 0 N–H and O–H groups in total. The molecule has 0 aliphatic carbocycles. The molecule has 2 heterocycles. The number of hydrogen-bond donors (Lipinski definition) is 0. The van der Waals surface area contributed by atoms with E-state index in [0.29, 0.717) is 12.1 Å². The minimum absolute atomic E-state index is 0.154. The van der Waals surface area contributed by atoms with Crippen molar-refractivity contribution in [1.82, 2.24) is 4.90 Å². The fourth-order valence-corrected chi connectivity index (χ4v) is 9.13. The number of halogens is 8. The Morgan fingerprint density at radius 3 is 1.81 bits per heavy atom. The molecule has 1 amide bonds. The summed E-state index contributed by atoms with van der Waals surface area (Å²) in [5, 5.41) is 0. The number of nitrogens with zero attached hydrogens (tertiary/aromatic N) is 1. The van der Waals surface area contributed by atoms with Gasteiger partial charge in [0, 0.05) is 18.7 Å². The minimum atomic E-state index is -6.42. The molecule has 0 saturated carbocycles. The molecular formula is C26H23F8NO6S2. The van der Waals surface area contributed by atoms with Gasteiger partial charge in [-0.1, -0.05) is 24.3 Å². The highest BCUT2D eigenvalue weighted by Gasteiger charge is 2.73. The lowest BCUT2D eigenvalue weighted by Gasteiger charge is -2.35. The lowest BCUT2D eigenvalue weighted by Crippen LogP contribution is -2.50. The standard InChI is InChI=1S/C26H23F8NO6S2/c27-19-5-7-20(8-6-19)43(40,41)23(17-1-3-18(4-2-17)24(28,25(29,30)31)26(32,33)34)9-12-35(15-23)21(37)22(16-36)10-13-42(38,39)14-11-22/h1-8,16H,9-15H2/t23-/m0/s1. The van der Waals surface area contributed by atoms with Crippen molar-refractivity contribution in [2.45, 2.75) is 46.9 Å². The third-order valence-corrected chi connectivity index (χ3v) is 12.3. The summed E-state index contributed by atoms with van der Waals surface area (Å²) in [5.41, 5.74) is -9.84. The van der Waals surface area contributed by atoms with Gasteiger partial charge < -0.3 is 9.69 Å². The Hall–Kier alpha value is -3.08. The average molecular weight is 662 g/mol. The summed E-state index contributed by atoms with van der Waals surface area (Å²) in [6.45, 7) is -1.10. The van der Waals surface area contributed by atoms with Crippen LogP contribution in [0.15, 0.2) is 53.4 Å². The van der Waals surface area contributed by atoms with Gasteiger partial charge in [-0.2, -0.15) is 26.3 Å². The van der Waals surface area contributed by atoms with E-state index in [4.69, 9.17) is 0 Å². The van der Waals surface area contributed by atoms with Crippen LogP contribution in [0.1, 0.15) is 30.4 Å². The Labute approximate surface area is 240 Å². The Morgan fingerprint density at radius 2 is 1.35 bits per heavy atom. The fraction of sp³-hybridized carbons (Fsp3) is 0.462. The molecule has 43 heavy (non-hydrogen) atoms. The van der Waals surface area contributed by atoms with Crippen LogP contribution in [-0.2, 0) is 39.7 Å². The minimum Gasteiger partial charge on any atom is -0.340 e. The number of amides is 1. The number of aldehydes is 1. The number of hydrogen-bond acceptors (Lipinski definition) is 6. The van der Waals surface area contributed by atoms with Crippen molar-refractivity contribution < 1.29 is 61.5 Å². The molecule has 0 bridgehead atoms. The average Bonchev–Trinajstić information content (AvgIpc) is 3.39. The zero-order valence-electron chi connectivity index (χ0n) is 21.9. The smallest absolute Gasteiger partial charge is 0.340 e. The van der Waals surface area contributed by atoms with Crippen LogP contribution in [0, 0.1) is 11.2 Å². The molecule has 0 radical (unpaired) electrons. The SMILES string of the molecule is O=CC1(C(=O)N2CC[C@](c3ccc(C(F)(C(F)(F)F)C(F)(F)F)cc3)(S(=O)(=O)c3ccc(F)cc3)C2)CCS(=O)(=O)CC1. The third kappa shape index (κ3) is 5.31. The van der Waals surface area contributed by atoms with Crippen molar-refractivity contribution in [3.05, 3.63) is 65.5 Å². The van der Waals surface area contributed by atoms with Crippen LogP contribution < -0.4 is 0 Å². The molecule has 2 saturated heterocycles. The maximum absolute atomic E-state index is 14.7. The van der Waals surface area contributed by atoms with Gasteiger partial charge in [-0.15, -0.1) is 0 Å². The summed E-state index contributed by atoms with van der Waals surface area (Å²) >= 11 is 0. The Balaban J connectivity index is 1.82. The number of rotatable bonds is 6. The van der Waals surface area contributed by atoms with Gasteiger partial charge in [-0.3, -0.25) is 4.79 Å². The molecule has 0 aromatic heterocycles. The third-order valence-electron chi connectivity index (χ3n) is 8.12. The summed E-state index contributed by atoms with van der Waals surface area (Å²) in [4.78, 5) is 26.1. The summed E-state index contributed by atoms with van der Waals surface area (Å²) in [7, 11) is -8.23. The molecule has 2 aromatic rings. The second kappa shape index (κ2) is 10.5. The first-order valence-corrected chi connectivity index (χ1v) is 15.9. The van der Waals surface area contributed by atoms with Crippen LogP contribution in [0.4, 0.5) is 35.1 Å². The van der Waals surface area contributed by atoms with Gasteiger partial charge in [0.05, 0.1) is 16.4 Å². The van der Waals surface area contributed by atoms with E-state index in [9.17, 15) is 61.5 Å². The van der Waals surface area contributed by atoms with Gasteiger partial charge in [-0.25, -0.2) is 25.6 Å². The van der Waals surface area contributed by atoms with Crippen molar-refractivity contribution in [2.24, 2.45) is 5.41 Å². The van der Waals surface area contributed by atoms with E-state index >= 15 is 0 Å². The number of benzene rings is 2. The summed E-state index contributed by atoms with van der Waals surface area (Å²) < 4.78 is 158. The Kier molecular flexibility index (Phi) is 8.03. The van der Waals surface area contributed by atoms with E-state index in [1.54, 1.807) is 0 Å². The van der Waals surface area contributed by atoms with E-state index in [-0.39, 0.29) is 37.8 Å². The summed E-state index contributed by atoms with van der Waals surface area (Å²) in [6, 6.07) is 4.83. The number of likely N-dealkylation sites (tertiary alicyclic amines) is 1. The number of carbonyl (C=O) groups excluding carboxylic acids is 2. The first-order chi connectivity index (χ1) is 19.7. The van der Waals surface area contributed by atoms with Gasteiger partial charge in [0.1, 0.15) is 32.1 Å². The lowest BCUT2D eigenvalue weighted by molar-refractivity contribution is -0.348. The molecule has 2 aliphatic rings. The van der Waals surface area contributed by atoms with Crippen molar-refractivity contribution in [3.8, 4) is 0 Å². The van der Waals surface area contributed by atoms with Gasteiger partial charge >= 0.3 is 18.0 Å². The van der Waals surface area contributed by atoms with Crippen molar-refractivity contribution >= 4 is 31.9 Å². The van der Waals surface area contributed by atoms with Crippen LogP contribution in [-0.4, -0.2) is 70.9 Å². The zero-order chi connectivity index (χ0) is 32.3. The van der Waals surface area contributed by atoms with Gasteiger partial charge in [0.15, 0.2) is 9.84 Å². The predicted octanol–water partition coefficient (Wildman–Crippen LogP) is 4.41. The molecule has 2 aliphatic heterocycles. The van der Waals surface area contributed by atoms with Crippen molar-refractivity contribution in [3.63, 3.8) is 0 Å². The van der Waals surface area contributed by atoms with Crippen molar-refractivity contribution in [2.75, 3.05) is 24.6 Å². The van der Waals surface area contributed by atoms with Gasteiger partial charge in [-0.05, 0) is 49.1 Å². The monoisotopic (exact) mass is 661 g/mol. The van der Waals surface area contributed by atoms with Gasteiger partial charge in [0.2, 0.25) is 5.91 Å². The van der Waals surface area contributed by atoms with E-state index < -0.39 is 100 Å². The molecule has 7 nitrogen and oxygen atoms in total. The first-order valence-electron chi connectivity index (χ1n) is 12.6. The normalized spacial score (nSPS) is 22.7. The topological polar surface area (TPSA) is 106 Å². The fourth-order valence-electron chi connectivity index (χ4n) is 5.50. The molecule has 0 unspecified atom stereocenters. The molecular weight excluding hydrogens is 638 g/mol.